The number of hydrogen-bond donors (Lipinski definition) is 0. The summed E-state index contributed by atoms with van der Waals surface area (Å²) in [5.74, 6) is 3.23. The molecule has 0 aliphatic heterocycles. The predicted molar refractivity (Wildman–Crippen MR) is 203 cm³/mol. The van der Waals surface area contributed by atoms with Gasteiger partial charge in [-0.1, -0.05) is 145 Å². The Labute approximate surface area is 283 Å². The minimum atomic E-state index is 0.201. The van der Waals surface area contributed by atoms with Gasteiger partial charge in [0.25, 0.3) is 0 Å². The molecule has 0 aromatic carbocycles. The lowest BCUT2D eigenvalue weighted by atomic mass is 9.66. The molecule has 44 heavy (non-hydrogen) atoms. The summed E-state index contributed by atoms with van der Waals surface area (Å²) in [5.41, 5.74) is 3.64. The van der Waals surface area contributed by atoms with Crippen LogP contribution in [-0.2, 0) is 5.41 Å². The minimum Gasteiger partial charge on any atom is -0.363 e. The van der Waals surface area contributed by atoms with Crippen molar-refractivity contribution in [2.45, 2.75) is 176 Å². The average Bonchev–Trinajstić information content (AvgIpc) is 3.76. The van der Waals surface area contributed by atoms with Crippen LogP contribution in [0.15, 0.2) is 17.5 Å². The maximum Gasteiger partial charge on any atom is 0.0918 e. The molecule has 3 rings (SSSR count). The molecule has 1 aliphatic carbocycles. The van der Waals surface area contributed by atoms with Gasteiger partial charge in [0, 0.05) is 23.4 Å². The molecule has 252 valence electrons. The van der Waals surface area contributed by atoms with Gasteiger partial charge in [-0.2, -0.15) is 0 Å². The third-order valence-corrected chi connectivity index (χ3v) is 13.6. The van der Waals surface area contributed by atoms with Crippen LogP contribution in [0.2, 0.25) is 0 Å². The lowest BCUT2D eigenvalue weighted by Crippen LogP contribution is -2.34. The number of hydrogen-bond acceptors (Lipinski definition) is 3. The van der Waals surface area contributed by atoms with E-state index in [0.29, 0.717) is 0 Å². The van der Waals surface area contributed by atoms with Gasteiger partial charge in [0.15, 0.2) is 0 Å². The zero-order valence-electron chi connectivity index (χ0n) is 30.4. The molecule has 0 N–H and O–H groups in total. The first-order valence-electron chi connectivity index (χ1n) is 19.4. The smallest absolute Gasteiger partial charge is 0.0918 e. The van der Waals surface area contributed by atoms with Crippen LogP contribution in [0.25, 0.3) is 9.75 Å². The Morgan fingerprint density at radius 2 is 1.05 bits per heavy atom. The molecule has 1 aliphatic rings. The van der Waals surface area contributed by atoms with Gasteiger partial charge >= 0.3 is 0 Å². The Balaban J connectivity index is 2.10. The van der Waals surface area contributed by atoms with Gasteiger partial charge < -0.3 is 4.90 Å². The molecule has 0 amide bonds. The fraction of sp³-hybridized carbons (Fsp3) is 0.805. The minimum absolute atomic E-state index is 0.201. The largest absolute Gasteiger partial charge is 0.363 e. The van der Waals surface area contributed by atoms with Crippen molar-refractivity contribution in [3.63, 3.8) is 0 Å². The quantitative estimate of drug-likeness (QED) is 0.104. The van der Waals surface area contributed by atoms with Gasteiger partial charge in [-0.25, -0.2) is 0 Å². The molecule has 4 unspecified atom stereocenters. The van der Waals surface area contributed by atoms with E-state index in [1.54, 1.807) is 25.9 Å². The van der Waals surface area contributed by atoms with Crippen LogP contribution in [0.4, 0.5) is 5.00 Å². The third-order valence-electron chi connectivity index (χ3n) is 11.3. The van der Waals surface area contributed by atoms with E-state index in [-0.39, 0.29) is 5.41 Å². The summed E-state index contributed by atoms with van der Waals surface area (Å²) in [4.78, 5) is 6.18. The first-order chi connectivity index (χ1) is 21.4. The van der Waals surface area contributed by atoms with E-state index in [2.05, 4.69) is 89.1 Å². The summed E-state index contributed by atoms with van der Waals surface area (Å²) < 4.78 is 0. The summed E-state index contributed by atoms with van der Waals surface area (Å²) in [6.07, 6.45) is 24.2. The SMILES string of the molecule is CCCCC(CC)CN(CC(CC)CCCC)c1cc2c(s1)-c1sccc1C2(CC(CC)CCCC)CC(CC)CCCC. The Morgan fingerprint density at radius 3 is 1.48 bits per heavy atom. The van der Waals surface area contributed by atoms with E-state index >= 15 is 0 Å². The summed E-state index contributed by atoms with van der Waals surface area (Å²) in [6.45, 7) is 21.8. The van der Waals surface area contributed by atoms with Crippen LogP contribution in [-0.4, -0.2) is 13.1 Å². The highest BCUT2D eigenvalue weighted by Crippen LogP contribution is 2.61. The molecule has 4 atom stereocenters. The van der Waals surface area contributed by atoms with Gasteiger partial charge in [0.1, 0.15) is 0 Å². The van der Waals surface area contributed by atoms with Crippen molar-refractivity contribution >= 4 is 27.7 Å². The lowest BCUT2D eigenvalue weighted by Gasteiger charge is -2.38. The lowest BCUT2D eigenvalue weighted by molar-refractivity contribution is 0.266. The van der Waals surface area contributed by atoms with Crippen molar-refractivity contribution in [2.24, 2.45) is 23.7 Å². The molecule has 0 saturated heterocycles. The Bertz CT molecular complexity index is 997. The number of fused-ring (bicyclic) bond motifs is 3. The number of rotatable bonds is 25. The van der Waals surface area contributed by atoms with Crippen LogP contribution >= 0.6 is 22.7 Å². The fourth-order valence-electron chi connectivity index (χ4n) is 8.17. The van der Waals surface area contributed by atoms with E-state index in [1.807, 2.05) is 11.3 Å². The molecule has 2 heterocycles. The number of anilines is 1. The van der Waals surface area contributed by atoms with E-state index in [9.17, 15) is 0 Å². The average molecular weight is 642 g/mol. The number of nitrogens with zero attached hydrogens (tertiary/aromatic N) is 1. The molecule has 0 saturated carbocycles. The monoisotopic (exact) mass is 642 g/mol. The van der Waals surface area contributed by atoms with Gasteiger partial charge in [-0.15, -0.1) is 22.7 Å². The topological polar surface area (TPSA) is 3.24 Å². The zero-order valence-corrected chi connectivity index (χ0v) is 32.1. The Morgan fingerprint density at radius 1 is 0.591 bits per heavy atom. The number of thiophene rings is 2. The maximum atomic E-state index is 2.90. The van der Waals surface area contributed by atoms with Crippen LogP contribution in [0, 0.1) is 23.7 Å². The Hall–Kier alpha value is -0.800. The standard InChI is InChI=1S/C41H71NS2/c1-9-17-21-32(13-5)28-41(29-33(14-6)22-18-10-2)36-25-26-43-39(36)40-37(41)27-38(44-40)42(30-34(15-7)23-19-11-3)31-35(16-8)24-20-12-4/h25-27,32-35H,9-24,28-31H2,1-8H3. The van der Waals surface area contributed by atoms with Crippen molar-refractivity contribution < 1.29 is 0 Å². The van der Waals surface area contributed by atoms with Gasteiger partial charge in [0.05, 0.1) is 9.88 Å². The van der Waals surface area contributed by atoms with E-state index in [0.717, 1.165) is 23.7 Å². The highest BCUT2D eigenvalue weighted by molar-refractivity contribution is 7.24. The molecule has 1 nitrogen and oxygen atoms in total. The van der Waals surface area contributed by atoms with Crippen molar-refractivity contribution in [1.82, 2.24) is 0 Å². The summed E-state index contributed by atoms with van der Waals surface area (Å²) in [7, 11) is 0. The highest BCUT2D eigenvalue weighted by Gasteiger charge is 2.47. The second kappa shape index (κ2) is 19.8. The molecular weight excluding hydrogens is 571 g/mol. The summed E-state index contributed by atoms with van der Waals surface area (Å²) in [5, 5.41) is 4.02. The van der Waals surface area contributed by atoms with Crippen molar-refractivity contribution in [3.05, 3.63) is 28.6 Å². The van der Waals surface area contributed by atoms with Crippen LogP contribution in [0.5, 0.6) is 0 Å². The second-order valence-corrected chi connectivity index (χ2v) is 16.5. The molecular formula is C41H71NS2. The van der Waals surface area contributed by atoms with Crippen LogP contribution in [0.3, 0.4) is 0 Å². The molecule has 3 heteroatoms. The summed E-state index contributed by atoms with van der Waals surface area (Å²) in [6, 6.07) is 5.32. The molecule has 2 aromatic heterocycles. The number of unbranched alkanes of at least 4 members (excludes halogenated alkanes) is 4. The zero-order chi connectivity index (χ0) is 32.0. The first-order valence-corrected chi connectivity index (χ1v) is 21.1. The fourth-order valence-corrected chi connectivity index (χ4v) is 10.6. The second-order valence-electron chi connectivity index (χ2n) is 14.6. The molecule has 0 spiro atoms. The first kappa shape index (κ1) is 37.7. The van der Waals surface area contributed by atoms with Crippen molar-refractivity contribution in [2.75, 3.05) is 18.0 Å². The van der Waals surface area contributed by atoms with Crippen LogP contribution in [0.1, 0.15) is 182 Å². The van der Waals surface area contributed by atoms with Crippen molar-refractivity contribution in [1.29, 1.82) is 0 Å². The maximum absolute atomic E-state index is 2.90. The molecule has 0 fully saturated rings. The molecule has 0 radical (unpaired) electrons. The van der Waals surface area contributed by atoms with Crippen molar-refractivity contribution in [3.8, 4) is 9.75 Å². The predicted octanol–water partition coefficient (Wildman–Crippen LogP) is 14.5. The Kier molecular flexibility index (Phi) is 16.9. The summed E-state index contributed by atoms with van der Waals surface area (Å²) >= 11 is 4.21. The van der Waals surface area contributed by atoms with Gasteiger partial charge in [0.2, 0.25) is 0 Å². The van der Waals surface area contributed by atoms with E-state index < -0.39 is 0 Å². The van der Waals surface area contributed by atoms with Crippen LogP contribution < -0.4 is 4.90 Å². The molecule has 2 aromatic rings. The molecule has 0 bridgehead atoms. The highest BCUT2D eigenvalue weighted by atomic mass is 32.1. The third kappa shape index (κ3) is 9.62. The van der Waals surface area contributed by atoms with Gasteiger partial charge in [-0.05, 0) is 78.0 Å². The van der Waals surface area contributed by atoms with Gasteiger partial charge in [-0.3, -0.25) is 0 Å². The normalized spacial score (nSPS) is 18.6. The van der Waals surface area contributed by atoms with E-state index in [1.165, 1.54) is 129 Å². The van der Waals surface area contributed by atoms with E-state index in [4.69, 9.17) is 0 Å².